The fourth-order valence-electron chi connectivity index (χ4n) is 2.89. The highest BCUT2D eigenvalue weighted by molar-refractivity contribution is 6.09. The fraction of sp³-hybridized carbons (Fsp3) is 0.176. The predicted octanol–water partition coefficient (Wildman–Crippen LogP) is 4.30. The Bertz CT molecular complexity index is 978. The second kappa shape index (κ2) is 4.19. The minimum Gasteiger partial charge on any atom is -0.466 e. The number of hydrogen-bond donors (Lipinski definition) is 1. The summed E-state index contributed by atoms with van der Waals surface area (Å²) < 4.78 is 5.68. The summed E-state index contributed by atoms with van der Waals surface area (Å²) in [4.78, 5) is 4.85. The first-order valence-corrected chi connectivity index (χ1v) is 6.96. The van der Waals surface area contributed by atoms with Crippen LogP contribution in [0.1, 0.15) is 17.2 Å². The number of aromatic nitrogens is 3. The van der Waals surface area contributed by atoms with Gasteiger partial charge in [0.2, 0.25) is 0 Å². The summed E-state index contributed by atoms with van der Waals surface area (Å²) in [6.07, 6.45) is 0. The van der Waals surface area contributed by atoms with Crippen molar-refractivity contribution in [3.8, 4) is 11.3 Å². The van der Waals surface area contributed by atoms with Gasteiger partial charge >= 0.3 is 0 Å². The second-order valence-corrected chi connectivity index (χ2v) is 5.38. The van der Waals surface area contributed by atoms with E-state index in [0.717, 1.165) is 50.3 Å². The Morgan fingerprint density at radius 3 is 2.48 bits per heavy atom. The molecule has 21 heavy (non-hydrogen) atoms. The van der Waals surface area contributed by atoms with Crippen molar-refractivity contribution in [2.45, 2.75) is 20.8 Å². The Balaban J connectivity index is 2.20. The molecule has 0 saturated carbocycles. The largest absolute Gasteiger partial charge is 0.466 e. The van der Waals surface area contributed by atoms with E-state index in [1.807, 2.05) is 39.0 Å². The molecule has 3 heterocycles. The Labute approximate surface area is 121 Å². The molecule has 0 spiro atoms. The number of benzene rings is 1. The number of H-pyrrole nitrogens is 1. The van der Waals surface area contributed by atoms with Gasteiger partial charge in [-0.2, -0.15) is 5.10 Å². The molecule has 0 bridgehead atoms. The SMILES string of the molecule is Cc1cc(-c2nc3c(C)[nH]nc3c3ccccc23)c(C)o1. The van der Waals surface area contributed by atoms with E-state index in [1.165, 1.54) is 0 Å². The van der Waals surface area contributed by atoms with Crippen molar-refractivity contribution in [1.82, 2.24) is 15.2 Å². The maximum atomic E-state index is 5.68. The number of pyridine rings is 1. The van der Waals surface area contributed by atoms with Crippen LogP contribution in [0.15, 0.2) is 34.7 Å². The van der Waals surface area contributed by atoms with Gasteiger partial charge in [0.1, 0.15) is 22.6 Å². The molecule has 0 amide bonds. The van der Waals surface area contributed by atoms with Gasteiger partial charge in [0, 0.05) is 16.3 Å². The molecular formula is C17H15N3O. The fourth-order valence-corrected chi connectivity index (χ4v) is 2.89. The summed E-state index contributed by atoms with van der Waals surface area (Å²) >= 11 is 0. The van der Waals surface area contributed by atoms with Crippen LogP contribution in [0.4, 0.5) is 0 Å². The topological polar surface area (TPSA) is 54.7 Å². The van der Waals surface area contributed by atoms with E-state index in [4.69, 9.17) is 9.40 Å². The average Bonchev–Trinajstić information content (AvgIpc) is 3.01. The van der Waals surface area contributed by atoms with Crippen LogP contribution in [0.3, 0.4) is 0 Å². The molecule has 104 valence electrons. The minimum atomic E-state index is 0.894. The van der Waals surface area contributed by atoms with Crippen LogP contribution in [0.2, 0.25) is 0 Å². The summed E-state index contributed by atoms with van der Waals surface area (Å²) in [5, 5.41) is 9.64. The number of aryl methyl sites for hydroxylation is 3. The molecule has 0 saturated heterocycles. The van der Waals surface area contributed by atoms with Crippen molar-refractivity contribution >= 4 is 21.8 Å². The highest BCUT2D eigenvalue weighted by Crippen LogP contribution is 2.34. The smallest absolute Gasteiger partial charge is 0.119 e. The van der Waals surface area contributed by atoms with E-state index >= 15 is 0 Å². The first-order valence-electron chi connectivity index (χ1n) is 6.96. The zero-order valence-electron chi connectivity index (χ0n) is 12.2. The third kappa shape index (κ3) is 1.69. The van der Waals surface area contributed by atoms with Crippen molar-refractivity contribution < 1.29 is 4.42 Å². The molecule has 0 aliphatic carbocycles. The molecule has 4 aromatic rings. The number of aromatic amines is 1. The molecular weight excluding hydrogens is 262 g/mol. The lowest BCUT2D eigenvalue weighted by atomic mass is 10.0. The number of furan rings is 1. The monoisotopic (exact) mass is 277 g/mol. The predicted molar refractivity (Wildman–Crippen MR) is 83.3 cm³/mol. The molecule has 3 aromatic heterocycles. The molecule has 0 unspecified atom stereocenters. The molecule has 4 rings (SSSR count). The van der Waals surface area contributed by atoms with Gasteiger partial charge in [-0.3, -0.25) is 5.10 Å². The molecule has 0 fully saturated rings. The molecule has 1 N–H and O–H groups in total. The molecule has 1 aromatic carbocycles. The lowest BCUT2D eigenvalue weighted by Crippen LogP contribution is -1.89. The standard InChI is InChI=1S/C17H15N3O/c1-9-8-14(11(3)21-9)16-12-6-4-5-7-13(12)17-15(18-16)10(2)19-20-17/h4-8H,1-3H3,(H,19,20). The Morgan fingerprint density at radius 2 is 1.76 bits per heavy atom. The van der Waals surface area contributed by atoms with Crippen LogP contribution >= 0.6 is 0 Å². The lowest BCUT2D eigenvalue weighted by Gasteiger charge is -2.06. The first-order chi connectivity index (χ1) is 10.1. The Morgan fingerprint density at radius 1 is 1.00 bits per heavy atom. The zero-order chi connectivity index (χ0) is 14.6. The van der Waals surface area contributed by atoms with Crippen molar-refractivity contribution in [2.75, 3.05) is 0 Å². The van der Waals surface area contributed by atoms with Crippen LogP contribution < -0.4 is 0 Å². The molecule has 0 aliphatic heterocycles. The quantitative estimate of drug-likeness (QED) is 0.564. The maximum absolute atomic E-state index is 5.68. The summed E-state index contributed by atoms with van der Waals surface area (Å²) in [6, 6.07) is 10.3. The van der Waals surface area contributed by atoms with E-state index in [0.29, 0.717) is 0 Å². The van der Waals surface area contributed by atoms with Gasteiger partial charge < -0.3 is 4.42 Å². The van der Waals surface area contributed by atoms with Crippen LogP contribution in [0.5, 0.6) is 0 Å². The van der Waals surface area contributed by atoms with Crippen molar-refractivity contribution in [3.05, 3.63) is 47.5 Å². The van der Waals surface area contributed by atoms with Crippen LogP contribution in [0, 0.1) is 20.8 Å². The summed E-state index contributed by atoms with van der Waals surface area (Å²) in [6.45, 7) is 5.93. The van der Waals surface area contributed by atoms with E-state index in [1.54, 1.807) is 0 Å². The van der Waals surface area contributed by atoms with Crippen molar-refractivity contribution in [1.29, 1.82) is 0 Å². The highest BCUT2D eigenvalue weighted by atomic mass is 16.3. The van der Waals surface area contributed by atoms with E-state index < -0.39 is 0 Å². The van der Waals surface area contributed by atoms with Gasteiger partial charge in [0.15, 0.2) is 0 Å². The second-order valence-electron chi connectivity index (χ2n) is 5.38. The average molecular weight is 277 g/mol. The van der Waals surface area contributed by atoms with E-state index in [-0.39, 0.29) is 0 Å². The number of nitrogens with one attached hydrogen (secondary N) is 1. The normalized spacial score (nSPS) is 11.6. The first kappa shape index (κ1) is 12.1. The zero-order valence-corrected chi connectivity index (χ0v) is 12.2. The van der Waals surface area contributed by atoms with Gasteiger partial charge in [0.05, 0.1) is 11.4 Å². The van der Waals surface area contributed by atoms with Crippen LogP contribution in [0.25, 0.3) is 33.1 Å². The van der Waals surface area contributed by atoms with Gasteiger partial charge in [-0.15, -0.1) is 0 Å². The number of nitrogens with zero attached hydrogens (tertiary/aromatic N) is 2. The third-order valence-electron chi connectivity index (χ3n) is 3.87. The van der Waals surface area contributed by atoms with Gasteiger partial charge in [-0.05, 0) is 26.8 Å². The number of rotatable bonds is 1. The van der Waals surface area contributed by atoms with Crippen molar-refractivity contribution in [3.63, 3.8) is 0 Å². The Kier molecular flexibility index (Phi) is 2.42. The lowest BCUT2D eigenvalue weighted by molar-refractivity contribution is 0.505. The molecule has 4 nitrogen and oxygen atoms in total. The summed E-state index contributed by atoms with van der Waals surface area (Å²) in [5.74, 6) is 1.79. The minimum absolute atomic E-state index is 0.894. The summed E-state index contributed by atoms with van der Waals surface area (Å²) in [5.41, 5.74) is 4.82. The number of hydrogen-bond acceptors (Lipinski definition) is 3. The van der Waals surface area contributed by atoms with Gasteiger partial charge in [0.25, 0.3) is 0 Å². The molecule has 4 heteroatoms. The van der Waals surface area contributed by atoms with Gasteiger partial charge in [-0.1, -0.05) is 24.3 Å². The van der Waals surface area contributed by atoms with Crippen molar-refractivity contribution in [2.24, 2.45) is 0 Å². The summed E-state index contributed by atoms with van der Waals surface area (Å²) in [7, 11) is 0. The maximum Gasteiger partial charge on any atom is 0.119 e. The highest BCUT2D eigenvalue weighted by Gasteiger charge is 2.16. The van der Waals surface area contributed by atoms with E-state index in [9.17, 15) is 0 Å². The van der Waals surface area contributed by atoms with E-state index in [2.05, 4.69) is 22.3 Å². The molecule has 0 atom stereocenters. The Hall–Kier alpha value is -2.62. The molecule has 0 radical (unpaired) electrons. The van der Waals surface area contributed by atoms with Gasteiger partial charge in [-0.25, -0.2) is 4.98 Å². The van der Waals surface area contributed by atoms with Crippen LogP contribution in [-0.4, -0.2) is 15.2 Å². The third-order valence-corrected chi connectivity index (χ3v) is 3.87. The molecule has 0 aliphatic rings. The van der Waals surface area contributed by atoms with Crippen LogP contribution in [-0.2, 0) is 0 Å². The number of fused-ring (bicyclic) bond motifs is 3.